The van der Waals surface area contributed by atoms with Crippen molar-refractivity contribution in [2.24, 2.45) is 5.92 Å². The summed E-state index contributed by atoms with van der Waals surface area (Å²) >= 11 is 0. The van der Waals surface area contributed by atoms with Gasteiger partial charge < -0.3 is 10.2 Å². The van der Waals surface area contributed by atoms with Crippen molar-refractivity contribution in [2.75, 3.05) is 27.6 Å². The first-order valence-corrected chi connectivity index (χ1v) is 12.8. The molecular weight excluding hydrogens is 469 g/mol. The highest BCUT2D eigenvalue weighted by molar-refractivity contribution is 7.92. The second-order valence-corrected chi connectivity index (χ2v) is 10.6. The van der Waals surface area contributed by atoms with Crippen LogP contribution in [0.15, 0.2) is 77.7 Å². The quantitative estimate of drug-likeness (QED) is 0.583. The van der Waals surface area contributed by atoms with Crippen LogP contribution in [0.1, 0.15) is 18.4 Å². The maximum atomic E-state index is 13.3. The molecule has 2 aliphatic heterocycles. The molecule has 2 heterocycles. The van der Waals surface area contributed by atoms with Gasteiger partial charge in [0, 0.05) is 30.9 Å². The Kier molecular flexibility index (Phi) is 6.02. The topological polar surface area (TPSA) is 86.8 Å². The van der Waals surface area contributed by atoms with Gasteiger partial charge in [-0.25, -0.2) is 12.8 Å². The molecule has 1 atom stereocenters. The van der Waals surface area contributed by atoms with E-state index in [-0.39, 0.29) is 36.2 Å². The number of halogens is 1. The third-order valence-electron chi connectivity index (χ3n) is 6.39. The predicted molar refractivity (Wildman–Crippen MR) is 131 cm³/mol. The number of amides is 2. The van der Waals surface area contributed by atoms with Crippen LogP contribution in [-0.4, -0.2) is 33.3 Å². The minimum atomic E-state index is -3.90. The first-order chi connectivity index (χ1) is 16.8. The molecule has 9 heteroatoms. The molecule has 0 radical (unpaired) electrons. The van der Waals surface area contributed by atoms with Gasteiger partial charge in [-0.2, -0.15) is 0 Å². The Morgan fingerprint density at radius 3 is 2.49 bits per heavy atom. The lowest BCUT2D eigenvalue weighted by atomic mass is 10.0. The van der Waals surface area contributed by atoms with Crippen LogP contribution < -0.4 is 14.5 Å². The van der Waals surface area contributed by atoms with E-state index in [2.05, 4.69) is 5.32 Å². The number of hydrogen-bond acceptors (Lipinski definition) is 4. The molecule has 0 saturated carbocycles. The largest absolute Gasteiger partial charge is 0.326 e. The summed E-state index contributed by atoms with van der Waals surface area (Å²) in [6, 6.07) is 19.2. The summed E-state index contributed by atoms with van der Waals surface area (Å²) in [7, 11) is -3.90. The summed E-state index contributed by atoms with van der Waals surface area (Å²) in [5.74, 6) is -1.43. The second kappa shape index (κ2) is 9.14. The number of hydrogen-bond donors (Lipinski definition) is 1. The first-order valence-electron chi connectivity index (χ1n) is 11.4. The van der Waals surface area contributed by atoms with E-state index in [4.69, 9.17) is 0 Å². The molecule has 2 amide bonds. The highest BCUT2D eigenvalue weighted by Crippen LogP contribution is 2.35. The lowest BCUT2D eigenvalue weighted by Gasteiger charge is -2.31. The lowest BCUT2D eigenvalue weighted by molar-refractivity contribution is -0.122. The summed E-state index contributed by atoms with van der Waals surface area (Å²) < 4.78 is 41.2. The van der Waals surface area contributed by atoms with E-state index in [1.54, 1.807) is 17.0 Å². The van der Waals surface area contributed by atoms with E-state index in [9.17, 15) is 22.4 Å². The van der Waals surface area contributed by atoms with Crippen molar-refractivity contribution in [3.63, 3.8) is 0 Å². The number of carbonyl (C=O) groups excluding carboxylic acids is 2. The van der Waals surface area contributed by atoms with Crippen LogP contribution in [0.3, 0.4) is 0 Å². The number of nitrogens with zero attached hydrogens (tertiary/aromatic N) is 2. The minimum Gasteiger partial charge on any atom is -0.326 e. The third kappa shape index (κ3) is 4.51. The van der Waals surface area contributed by atoms with E-state index in [1.807, 2.05) is 36.4 Å². The monoisotopic (exact) mass is 493 g/mol. The van der Waals surface area contributed by atoms with Crippen molar-refractivity contribution < 1.29 is 22.4 Å². The van der Waals surface area contributed by atoms with Gasteiger partial charge in [0.2, 0.25) is 11.8 Å². The molecule has 0 aliphatic carbocycles. The molecule has 0 bridgehead atoms. The van der Waals surface area contributed by atoms with Crippen molar-refractivity contribution in [1.29, 1.82) is 0 Å². The fourth-order valence-corrected chi connectivity index (χ4v) is 6.12. The number of rotatable bonds is 5. The highest BCUT2D eigenvalue weighted by atomic mass is 32.2. The van der Waals surface area contributed by atoms with Gasteiger partial charge in [0.15, 0.2) is 0 Å². The fraction of sp³-hybridized carbons (Fsp3) is 0.231. The Bertz CT molecular complexity index is 1380. The van der Waals surface area contributed by atoms with Gasteiger partial charge >= 0.3 is 0 Å². The second-order valence-electron chi connectivity index (χ2n) is 8.71. The molecular formula is C26H24FN3O4S. The molecule has 35 heavy (non-hydrogen) atoms. The van der Waals surface area contributed by atoms with Gasteiger partial charge in [-0.3, -0.25) is 13.9 Å². The number of nitrogens with one attached hydrogen (secondary N) is 1. The Morgan fingerprint density at radius 1 is 1.00 bits per heavy atom. The minimum absolute atomic E-state index is 0.00617. The van der Waals surface area contributed by atoms with Crippen LogP contribution in [0.5, 0.6) is 0 Å². The van der Waals surface area contributed by atoms with Crippen molar-refractivity contribution in [3.8, 4) is 0 Å². The molecule has 1 fully saturated rings. The standard InChI is InChI=1S/C26H24FN3O4S/c27-20-9-12-23(13-10-20)35(33,34)30-14-4-5-18-8-11-21(16-24(18)30)28-26(32)19-15-25(31)29(17-19)22-6-2-1-3-7-22/h1-3,6-13,16,19H,4-5,14-15,17H2,(H,28,32). The molecule has 3 aromatic rings. The summed E-state index contributed by atoms with van der Waals surface area (Å²) in [6.07, 6.45) is 1.47. The van der Waals surface area contributed by atoms with E-state index in [1.165, 1.54) is 16.4 Å². The Hall–Kier alpha value is -3.72. The summed E-state index contributed by atoms with van der Waals surface area (Å²) in [5.41, 5.74) is 2.56. The molecule has 1 N–H and O–H groups in total. The maximum absolute atomic E-state index is 13.3. The van der Waals surface area contributed by atoms with Crippen molar-refractivity contribution in [3.05, 3.63) is 84.2 Å². The van der Waals surface area contributed by atoms with Gasteiger partial charge in [0.05, 0.1) is 16.5 Å². The van der Waals surface area contributed by atoms with Crippen molar-refractivity contribution in [1.82, 2.24) is 0 Å². The molecule has 2 aliphatic rings. The number of aryl methyl sites for hydroxylation is 1. The van der Waals surface area contributed by atoms with Crippen LogP contribution in [0.2, 0.25) is 0 Å². The lowest BCUT2D eigenvalue weighted by Crippen LogP contribution is -2.35. The van der Waals surface area contributed by atoms with Crippen LogP contribution in [0.25, 0.3) is 0 Å². The zero-order valence-electron chi connectivity index (χ0n) is 18.9. The van der Waals surface area contributed by atoms with Gasteiger partial charge in [-0.15, -0.1) is 0 Å². The zero-order chi connectivity index (χ0) is 24.6. The number of fused-ring (bicyclic) bond motifs is 1. The van der Waals surface area contributed by atoms with Crippen LogP contribution in [-0.2, 0) is 26.0 Å². The molecule has 5 rings (SSSR count). The average molecular weight is 494 g/mol. The van der Waals surface area contributed by atoms with Crippen LogP contribution in [0.4, 0.5) is 21.5 Å². The molecule has 3 aromatic carbocycles. The fourth-order valence-electron chi connectivity index (χ4n) is 4.59. The highest BCUT2D eigenvalue weighted by Gasteiger charge is 2.35. The zero-order valence-corrected chi connectivity index (χ0v) is 19.7. The van der Waals surface area contributed by atoms with Crippen LogP contribution >= 0.6 is 0 Å². The molecule has 1 unspecified atom stereocenters. The number of benzene rings is 3. The van der Waals surface area contributed by atoms with E-state index in [0.29, 0.717) is 24.2 Å². The molecule has 180 valence electrons. The summed E-state index contributed by atoms with van der Waals surface area (Å²) in [4.78, 5) is 27.1. The predicted octanol–water partition coefficient (Wildman–Crippen LogP) is 3.96. The Balaban J connectivity index is 1.36. The smallest absolute Gasteiger partial charge is 0.264 e. The number of sulfonamides is 1. The van der Waals surface area contributed by atoms with Crippen molar-refractivity contribution in [2.45, 2.75) is 24.2 Å². The molecule has 0 aromatic heterocycles. The van der Waals surface area contributed by atoms with Gasteiger partial charge in [-0.1, -0.05) is 24.3 Å². The third-order valence-corrected chi connectivity index (χ3v) is 8.22. The molecule has 1 saturated heterocycles. The van der Waals surface area contributed by atoms with E-state index in [0.717, 1.165) is 23.4 Å². The van der Waals surface area contributed by atoms with Gasteiger partial charge in [0.25, 0.3) is 10.0 Å². The number of carbonyl (C=O) groups is 2. The normalized spacial score (nSPS) is 17.9. The first kappa shape index (κ1) is 23.0. The number of para-hydroxylation sites is 1. The summed E-state index contributed by atoms with van der Waals surface area (Å²) in [6.45, 7) is 0.567. The van der Waals surface area contributed by atoms with E-state index >= 15 is 0 Å². The number of anilines is 3. The Morgan fingerprint density at radius 2 is 1.74 bits per heavy atom. The van der Waals surface area contributed by atoms with Crippen LogP contribution in [0, 0.1) is 11.7 Å². The average Bonchev–Trinajstić information content (AvgIpc) is 3.26. The SMILES string of the molecule is O=C(Nc1ccc2c(c1)N(S(=O)(=O)c1ccc(F)cc1)CCC2)C1CC(=O)N(c2ccccc2)C1. The molecule has 7 nitrogen and oxygen atoms in total. The maximum Gasteiger partial charge on any atom is 0.264 e. The summed E-state index contributed by atoms with van der Waals surface area (Å²) in [5, 5.41) is 2.86. The Labute approximate surface area is 203 Å². The molecule has 0 spiro atoms. The van der Waals surface area contributed by atoms with Gasteiger partial charge in [0.1, 0.15) is 5.82 Å². The van der Waals surface area contributed by atoms with Crippen molar-refractivity contribution >= 4 is 38.9 Å². The van der Waals surface area contributed by atoms with E-state index < -0.39 is 21.8 Å². The van der Waals surface area contributed by atoms with Gasteiger partial charge in [-0.05, 0) is 66.9 Å².